The monoisotopic (exact) mass is 340 g/mol. The number of hydrogen-bond donors (Lipinski definition) is 1. The fourth-order valence-corrected chi connectivity index (χ4v) is 4.56. The quantitative estimate of drug-likeness (QED) is 0.926. The molecule has 2 aliphatic heterocycles. The van der Waals surface area contributed by atoms with Crippen LogP contribution in [-0.4, -0.2) is 49.7 Å². The van der Waals surface area contributed by atoms with Crippen molar-refractivity contribution in [3.63, 3.8) is 0 Å². The number of piperazine rings is 1. The van der Waals surface area contributed by atoms with E-state index >= 15 is 0 Å². The van der Waals surface area contributed by atoms with Gasteiger partial charge in [-0.2, -0.15) is 0 Å². The van der Waals surface area contributed by atoms with Gasteiger partial charge in [-0.05, 0) is 24.3 Å². The first-order chi connectivity index (χ1) is 11.8. The van der Waals surface area contributed by atoms with E-state index in [9.17, 15) is 0 Å². The Kier molecular flexibility index (Phi) is 4.65. The molecule has 1 atom stereocenters. The second-order valence-corrected chi connectivity index (χ2v) is 7.49. The lowest BCUT2D eigenvalue weighted by molar-refractivity contribution is 0.262. The molecule has 5 heteroatoms. The van der Waals surface area contributed by atoms with Gasteiger partial charge < -0.3 is 15.5 Å². The Bertz CT molecular complexity index is 670. The molecule has 2 aliphatic rings. The van der Waals surface area contributed by atoms with E-state index in [1.165, 1.54) is 16.3 Å². The normalized spacial score (nSPS) is 21.1. The van der Waals surface area contributed by atoms with Crippen molar-refractivity contribution >= 4 is 23.1 Å². The molecule has 1 saturated heterocycles. The number of nitrogens with two attached hydrogens (primary N) is 1. The summed E-state index contributed by atoms with van der Waals surface area (Å²) in [5, 5.41) is 0. The molecule has 1 fully saturated rings. The smallest absolute Gasteiger partial charge is 0.130 e. The van der Waals surface area contributed by atoms with E-state index in [4.69, 9.17) is 5.73 Å². The van der Waals surface area contributed by atoms with Gasteiger partial charge in [0.2, 0.25) is 0 Å². The molecule has 126 valence electrons. The van der Waals surface area contributed by atoms with Crippen LogP contribution in [0.15, 0.2) is 59.5 Å². The molecule has 2 heterocycles. The topological polar surface area (TPSA) is 35.7 Å². The van der Waals surface area contributed by atoms with Crippen LogP contribution in [0, 0.1) is 0 Å². The molecule has 4 rings (SSSR count). The van der Waals surface area contributed by atoms with E-state index in [1.54, 1.807) is 11.8 Å². The number of nitrogens with zero attached hydrogens (tertiary/aromatic N) is 3. The number of para-hydroxylation sites is 2. The molecule has 24 heavy (non-hydrogen) atoms. The van der Waals surface area contributed by atoms with E-state index in [-0.39, 0.29) is 5.50 Å². The highest BCUT2D eigenvalue weighted by Crippen LogP contribution is 2.40. The summed E-state index contributed by atoms with van der Waals surface area (Å²) in [6, 6.07) is 19.3. The highest BCUT2D eigenvalue weighted by molar-refractivity contribution is 8.00. The first-order valence-electron chi connectivity index (χ1n) is 8.61. The first kappa shape index (κ1) is 15.8. The average molecular weight is 340 g/mol. The van der Waals surface area contributed by atoms with Crippen molar-refractivity contribution in [3.8, 4) is 0 Å². The van der Waals surface area contributed by atoms with Crippen molar-refractivity contribution in [2.45, 2.75) is 10.4 Å². The molecule has 0 saturated carbocycles. The number of fused-ring (bicyclic) bond motifs is 1. The van der Waals surface area contributed by atoms with Gasteiger partial charge >= 0.3 is 0 Å². The van der Waals surface area contributed by atoms with Gasteiger partial charge in [-0.15, -0.1) is 0 Å². The molecule has 2 aromatic carbocycles. The van der Waals surface area contributed by atoms with Gasteiger partial charge in [0.15, 0.2) is 0 Å². The molecular formula is C19H24N4S. The number of anilines is 2. The highest BCUT2D eigenvalue weighted by Gasteiger charge is 2.27. The number of rotatable bonds is 4. The minimum absolute atomic E-state index is 0.0491. The summed E-state index contributed by atoms with van der Waals surface area (Å²) in [5.41, 5.74) is 8.98. The Morgan fingerprint density at radius 1 is 0.875 bits per heavy atom. The zero-order valence-corrected chi connectivity index (χ0v) is 14.7. The second kappa shape index (κ2) is 7.05. The van der Waals surface area contributed by atoms with E-state index in [1.807, 2.05) is 0 Å². The van der Waals surface area contributed by atoms with Crippen LogP contribution in [0.2, 0.25) is 0 Å². The second-order valence-electron chi connectivity index (χ2n) is 6.33. The molecule has 0 bridgehead atoms. The summed E-state index contributed by atoms with van der Waals surface area (Å²) in [6.45, 7) is 6.50. The Morgan fingerprint density at radius 3 is 2.38 bits per heavy atom. The van der Waals surface area contributed by atoms with Gasteiger partial charge in [-0.1, -0.05) is 42.1 Å². The van der Waals surface area contributed by atoms with Crippen LogP contribution >= 0.6 is 11.8 Å². The van der Waals surface area contributed by atoms with Crippen molar-refractivity contribution in [3.05, 3.63) is 54.6 Å². The van der Waals surface area contributed by atoms with Crippen LogP contribution < -0.4 is 15.5 Å². The predicted molar refractivity (Wildman–Crippen MR) is 103 cm³/mol. The SMILES string of the molecule is NC1Sc2ccccc2N1CCN1CCN(c2ccccc2)CC1. The lowest BCUT2D eigenvalue weighted by Crippen LogP contribution is -2.49. The average Bonchev–Trinajstić information content (AvgIpc) is 2.96. The maximum atomic E-state index is 6.31. The number of benzene rings is 2. The Labute approximate surface area is 148 Å². The van der Waals surface area contributed by atoms with E-state index in [0.717, 1.165) is 39.3 Å². The molecule has 4 nitrogen and oxygen atoms in total. The highest BCUT2D eigenvalue weighted by atomic mass is 32.2. The summed E-state index contributed by atoms with van der Waals surface area (Å²) in [7, 11) is 0. The molecule has 2 aromatic rings. The summed E-state index contributed by atoms with van der Waals surface area (Å²) >= 11 is 1.76. The van der Waals surface area contributed by atoms with Crippen molar-refractivity contribution in [2.75, 3.05) is 49.1 Å². The van der Waals surface area contributed by atoms with Crippen molar-refractivity contribution in [1.82, 2.24) is 4.90 Å². The fourth-order valence-electron chi connectivity index (χ4n) is 3.49. The molecule has 0 aromatic heterocycles. The van der Waals surface area contributed by atoms with E-state index < -0.39 is 0 Å². The van der Waals surface area contributed by atoms with Gasteiger partial charge in [0, 0.05) is 49.9 Å². The van der Waals surface area contributed by atoms with E-state index in [2.05, 4.69) is 69.3 Å². The maximum Gasteiger partial charge on any atom is 0.130 e. The molecule has 2 N–H and O–H groups in total. The zero-order chi connectivity index (χ0) is 16.4. The fraction of sp³-hybridized carbons (Fsp3) is 0.368. The molecule has 0 amide bonds. The van der Waals surface area contributed by atoms with E-state index in [0.29, 0.717) is 0 Å². The van der Waals surface area contributed by atoms with Crippen molar-refractivity contribution in [2.24, 2.45) is 5.73 Å². The lowest BCUT2D eigenvalue weighted by atomic mass is 10.2. The third-order valence-corrected chi connectivity index (χ3v) is 5.98. The first-order valence-corrected chi connectivity index (χ1v) is 9.49. The molecule has 1 unspecified atom stereocenters. The summed E-state index contributed by atoms with van der Waals surface area (Å²) in [6.07, 6.45) is 0. The van der Waals surface area contributed by atoms with Gasteiger partial charge in [0.05, 0.1) is 5.69 Å². The molecule has 0 spiro atoms. The Hall–Kier alpha value is -1.69. The van der Waals surface area contributed by atoms with Crippen LogP contribution in [0.3, 0.4) is 0 Å². The summed E-state index contributed by atoms with van der Waals surface area (Å²) in [4.78, 5) is 8.67. The van der Waals surface area contributed by atoms with Crippen LogP contribution in [0.4, 0.5) is 11.4 Å². The van der Waals surface area contributed by atoms with Gasteiger partial charge in [-0.25, -0.2) is 0 Å². The van der Waals surface area contributed by atoms with Crippen LogP contribution in [0.5, 0.6) is 0 Å². The molecule has 0 aliphatic carbocycles. The Morgan fingerprint density at radius 2 is 1.58 bits per heavy atom. The molecule has 0 radical (unpaired) electrons. The van der Waals surface area contributed by atoms with Gasteiger partial charge in [0.1, 0.15) is 5.50 Å². The largest absolute Gasteiger partial charge is 0.369 e. The van der Waals surface area contributed by atoms with Crippen molar-refractivity contribution in [1.29, 1.82) is 0 Å². The molecular weight excluding hydrogens is 316 g/mol. The predicted octanol–water partition coefficient (Wildman–Crippen LogP) is 2.66. The standard InChI is InChI=1S/C19H24N4S/c20-19-23(17-8-4-5-9-18(17)24-19)15-12-21-10-13-22(14-11-21)16-6-2-1-3-7-16/h1-9,19H,10-15,20H2. The minimum atomic E-state index is 0.0491. The number of hydrogen-bond acceptors (Lipinski definition) is 5. The van der Waals surface area contributed by atoms with Crippen LogP contribution in [0.1, 0.15) is 0 Å². The number of thioether (sulfide) groups is 1. The maximum absolute atomic E-state index is 6.31. The van der Waals surface area contributed by atoms with Gasteiger partial charge in [-0.3, -0.25) is 4.90 Å². The third kappa shape index (κ3) is 3.24. The Balaban J connectivity index is 1.31. The van der Waals surface area contributed by atoms with Gasteiger partial charge in [0.25, 0.3) is 0 Å². The minimum Gasteiger partial charge on any atom is -0.369 e. The van der Waals surface area contributed by atoms with Crippen LogP contribution in [0.25, 0.3) is 0 Å². The summed E-state index contributed by atoms with van der Waals surface area (Å²) < 4.78 is 0. The van der Waals surface area contributed by atoms with Crippen LogP contribution in [-0.2, 0) is 0 Å². The zero-order valence-electron chi connectivity index (χ0n) is 13.8. The third-order valence-electron chi connectivity index (χ3n) is 4.88. The lowest BCUT2D eigenvalue weighted by Gasteiger charge is -2.37. The van der Waals surface area contributed by atoms with Crippen molar-refractivity contribution < 1.29 is 0 Å². The summed E-state index contributed by atoms with van der Waals surface area (Å²) in [5.74, 6) is 0.